The van der Waals surface area contributed by atoms with E-state index in [0.717, 1.165) is 10.6 Å². The number of amides is 1. The second-order valence-corrected chi connectivity index (χ2v) is 6.85. The molecule has 0 radical (unpaired) electrons. The molecule has 0 saturated heterocycles. The number of thiazole rings is 2. The molecule has 0 aliphatic heterocycles. The van der Waals surface area contributed by atoms with Crippen LogP contribution in [-0.2, 0) is 0 Å². The molecular weight excluding hydrogens is 294 g/mol. The fourth-order valence-electron chi connectivity index (χ4n) is 1.48. The molecule has 20 heavy (non-hydrogen) atoms. The maximum atomic E-state index is 12.2. The molecule has 2 rings (SSSR count). The number of rotatable bonds is 4. The van der Waals surface area contributed by atoms with Gasteiger partial charge in [0.05, 0.1) is 5.69 Å². The number of anilines is 3. The predicted octanol–water partition coefficient (Wildman–Crippen LogP) is 2.87. The molecular formula is C12H17N5OS2. The van der Waals surface area contributed by atoms with Crippen molar-refractivity contribution in [3.8, 4) is 0 Å². The van der Waals surface area contributed by atoms with Crippen LogP contribution in [0.5, 0.6) is 0 Å². The number of hydrogen-bond acceptors (Lipinski definition) is 7. The average Bonchev–Trinajstić information content (AvgIpc) is 2.82. The number of hydrogen-bond donors (Lipinski definition) is 3. The Morgan fingerprint density at radius 2 is 1.90 bits per heavy atom. The molecule has 2 heterocycles. The van der Waals surface area contributed by atoms with Gasteiger partial charge >= 0.3 is 0 Å². The summed E-state index contributed by atoms with van der Waals surface area (Å²) in [4.78, 5) is 22.1. The summed E-state index contributed by atoms with van der Waals surface area (Å²) >= 11 is 2.69. The highest BCUT2D eigenvalue weighted by Crippen LogP contribution is 2.27. The Hall–Kier alpha value is -1.67. The average molecular weight is 311 g/mol. The van der Waals surface area contributed by atoms with Crippen molar-refractivity contribution in [2.24, 2.45) is 0 Å². The van der Waals surface area contributed by atoms with Crippen LogP contribution in [-0.4, -0.2) is 21.9 Å². The first-order valence-electron chi connectivity index (χ1n) is 6.15. The molecule has 0 spiro atoms. The van der Waals surface area contributed by atoms with E-state index >= 15 is 0 Å². The molecule has 0 unspecified atom stereocenters. The number of carbonyl (C=O) groups excluding carboxylic acids is 1. The molecule has 0 aliphatic carbocycles. The van der Waals surface area contributed by atoms with Crippen LogP contribution in [0.3, 0.4) is 0 Å². The SMILES string of the molecule is Cc1nc(NC(=O)c2sc(NC(C)C)nc2N)sc1C. The third-order valence-electron chi connectivity index (χ3n) is 2.52. The van der Waals surface area contributed by atoms with Gasteiger partial charge in [-0.15, -0.1) is 11.3 Å². The molecule has 2 aromatic rings. The first-order chi connectivity index (χ1) is 9.36. The zero-order valence-corrected chi connectivity index (χ0v) is 13.4. The van der Waals surface area contributed by atoms with Crippen molar-refractivity contribution in [2.45, 2.75) is 33.7 Å². The third-order valence-corrected chi connectivity index (χ3v) is 4.51. The summed E-state index contributed by atoms with van der Waals surface area (Å²) in [5.41, 5.74) is 6.71. The molecule has 2 aromatic heterocycles. The lowest BCUT2D eigenvalue weighted by molar-refractivity contribution is 0.103. The molecule has 1 amide bonds. The Balaban J connectivity index is 2.14. The Morgan fingerprint density at radius 3 is 2.45 bits per heavy atom. The van der Waals surface area contributed by atoms with E-state index < -0.39 is 0 Å². The predicted molar refractivity (Wildman–Crippen MR) is 84.8 cm³/mol. The zero-order valence-electron chi connectivity index (χ0n) is 11.8. The van der Waals surface area contributed by atoms with Crippen LogP contribution in [0.4, 0.5) is 16.1 Å². The molecule has 6 nitrogen and oxygen atoms in total. The van der Waals surface area contributed by atoms with E-state index in [-0.39, 0.29) is 17.8 Å². The van der Waals surface area contributed by atoms with Gasteiger partial charge in [0.2, 0.25) is 0 Å². The molecule has 0 fully saturated rings. The fourth-order valence-corrected chi connectivity index (χ4v) is 3.22. The summed E-state index contributed by atoms with van der Waals surface area (Å²) in [6, 6.07) is 0.237. The van der Waals surface area contributed by atoms with Gasteiger partial charge in [-0.05, 0) is 27.7 Å². The zero-order chi connectivity index (χ0) is 14.9. The van der Waals surface area contributed by atoms with Gasteiger partial charge < -0.3 is 11.1 Å². The lowest BCUT2D eigenvalue weighted by Crippen LogP contribution is -2.11. The van der Waals surface area contributed by atoms with Crippen molar-refractivity contribution in [1.29, 1.82) is 0 Å². The Bertz CT molecular complexity index is 612. The lowest BCUT2D eigenvalue weighted by Gasteiger charge is -2.03. The lowest BCUT2D eigenvalue weighted by atomic mass is 10.4. The van der Waals surface area contributed by atoms with Gasteiger partial charge in [-0.2, -0.15) is 0 Å². The Kier molecular flexibility index (Phi) is 4.24. The minimum atomic E-state index is -0.273. The Labute approximate surface area is 125 Å². The van der Waals surface area contributed by atoms with Crippen molar-refractivity contribution in [2.75, 3.05) is 16.4 Å². The Morgan fingerprint density at radius 1 is 1.20 bits per heavy atom. The summed E-state index contributed by atoms with van der Waals surface area (Å²) in [7, 11) is 0. The maximum absolute atomic E-state index is 12.2. The molecule has 8 heteroatoms. The van der Waals surface area contributed by atoms with Gasteiger partial charge in [0.25, 0.3) is 5.91 Å². The number of aryl methyl sites for hydroxylation is 2. The van der Waals surface area contributed by atoms with E-state index in [9.17, 15) is 4.79 Å². The largest absolute Gasteiger partial charge is 0.382 e. The van der Waals surface area contributed by atoms with Crippen LogP contribution in [0.1, 0.15) is 34.1 Å². The normalized spacial score (nSPS) is 10.8. The highest BCUT2D eigenvalue weighted by molar-refractivity contribution is 7.18. The van der Waals surface area contributed by atoms with E-state index in [2.05, 4.69) is 20.6 Å². The van der Waals surface area contributed by atoms with Gasteiger partial charge in [-0.1, -0.05) is 11.3 Å². The fraction of sp³-hybridized carbons (Fsp3) is 0.417. The quantitative estimate of drug-likeness (QED) is 0.807. The first kappa shape index (κ1) is 14.7. The van der Waals surface area contributed by atoms with Crippen molar-refractivity contribution in [1.82, 2.24) is 9.97 Å². The number of nitrogens with one attached hydrogen (secondary N) is 2. The molecule has 0 aromatic carbocycles. The molecule has 0 bridgehead atoms. The van der Waals surface area contributed by atoms with E-state index in [1.54, 1.807) is 0 Å². The minimum Gasteiger partial charge on any atom is -0.382 e. The van der Waals surface area contributed by atoms with Gasteiger partial charge in [0, 0.05) is 10.9 Å². The molecule has 0 saturated carbocycles. The molecule has 0 aliphatic rings. The smallest absolute Gasteiger partial charge is 0.271 e. The van der Waals surface area contributed by atoms with E-state index in [4.69, 9.17) is 5.73 Å². The van der Waals surface area contributed by atoms with Crippen LogP contribution in [0, 0.1) is 13.8 Å². The number of nitrogens with two attached hydrogens (primary N) is 1. The van der Waals surface area contributed by atoms with Crippen LogP contribution in [0.15, 0.2) is 0 Å². The van der Waals surface area contributed by atoms with Crippen molar-refractivity contribution >= 4 is 44.7 Å². The molecule has 108 valence electrons. The summed E-state index contributed by atoms with van der Waals surface area (Å²) in [5, 5.41) is 7.12. The number of aromatic nitrogens is 2. The first-order valence-corrected chi connectivity index (χ1v) is 7.78. The van der Waals surface area contributed by atoms with Gasteiger partial charge in [0.1, 0.15) is 10.7 Å². The van der Waals surface area contributed by atoms with Crippen molar-refractivity contribution in [3.05, 3.63) is 15.4 Å². The highest BCUT2D eigenvalue weighted by atomic mass is 32.1. The van der Waals surface area contributed by atoms with Crippen LogP contribution in [0.25, 0.3) is 0 Å². The van der Waals surface area contributed by atoms with Crippen molar-refractivity contribution < 1.29 is 4.79 Å². The highest BCUT2D eigenvalue weighted by Gasteiger charge is 2.18. The molecule has 0 atom stereocenters. The topological polar surface area (TPSA) is 92.9 Å². The number of nitrogen functional groups attached to an aromatic ring is 1. The maximum Gasteiger partial charge on any atom is 0.271 e. The van der Waals surface area contributed by atoms with E-state index in [1.165, 1.54) is 22.7 Å². The van der Waals surface area contributed by atoms with Crippen molar-refractivity contribution in [3.63, 3.8) is 0 Å². The summed E-state index contributed by atoms with van der Waals surface area (Å²) in [6.07, 6.45) is 0. The second kappa shape index (κ2) is 5.76. The molecule has 4 N–H and O–H groups in total. The van der Waals surface area contributed by atoms with Gasteiger partial charge in [0.15, 0.2) is 10.3 Å². The van der Waals surface area contributed by atoms with Crippen LogP contribution >= 0.6 is 22.7 Å². The van der Waals surface area contributed by atoms with E-state index in [1.807, 2.05) is 27.7 Å². The van der Waals surface area contributed by atoms with Gasteiger partial charge in [-0.25, -0.2) is 9.97 Å². The second-order valence-electron chi connectivity index (χ2n) is 4.65. The van der Waals surface area contributed by atoms with Gasteiger partial charge in [-0.3, -0.25) is 10.1 Å². The summed E-state index contributed by atoms with van der Waals surface area (Å²) in [5.74, 6) is -0.0359. The van der Waals surface area contributed by atoms with Crippen LogP contribution in [0.2, 0.25) is 0 Å². The minimum absolute atomic E-state index is 0.237. The number of carbonyl (C=O) groups is 1. The summed E-state index contributed by atoms with van der Waals surface area (Å²) < 4.78 is 0. The van der Waals surface area contributed by atoms with E-state index in [0.29, 0.717) is 15.1 Å². The summed E-state index contributed by atoms with van der Waals surface area (Å²) in [6.45, 7) is 7.87. The third kappa shape index (κ3) is 3.26. The standard InChI is InChI=1S/C12H17N5OS2/c1-5(2)14-11-16-9(13)8(20-11)10(18)17-12-15-6(3)7(4)19-12/h5H,13H2,1-4H3,(H,14,16)(H,15,17,18). The monoisotopic (exact) mass is 311 g/mol. The van der Waals surface area contributed by atoms with Crippen LogP contribution < -0.4 is 16.4 Å². The number of nitrogens with zero attached hydrogens (tertiary/aromatic N) is 2.